The number of benzene rings is 2. The second-order valence-corrected chi connectivity index (χ2v) is 12.7. The molecule has 0 fully saturated rings. The Kier molecular flexibility index (Phi) is 8.66. The minimum atomic E-state index is -0.562. The van der Waals surface area contributed by atoms with Gasteiger partial charge in [0.25, 0.3) is 5.91 Å². The third-order valence-electron chi connectivity index (χ3n) is 9.18. The molecule has 0 aliphatic carbocycles. The number of hydrogen-bond donors (Lipinski definition) is 3. The minimum Gasteiger partial charge on any atom is -0.366 e. The van der Waals surface area contributed by atoms with E-state index in [9.17, 15) is 14.4 Å². The summed E-state index contributed by atoms with van der Waals surface area (Å²) < 4.78 is 7.57. The van der Waals surface area contributed by atoms with E-state index < -0.39 is 11.8 Å². The Morgan fingerprint density at radius 1 is 0.750 bits per heavy atom. The average Bonchev–Trinajstić information content (AvgIpc) is 3.87. The van der Waals surface area contributed by atoms with Crippen molar-refractivity contribution in [1.29, 1.82) is 0 Å². The van der Waals surface area contributed by atoms with Crippen LogP contribution >= 0.6 is 0 Å². The highest BCUT2D eigenvalue weighted by atomic mass is 16.2. The SMILES string of the molecule is CCn1nc(C)cc1C(=O)Nc1nc2cc(C(N)=O)cc(C)c2n1CC=CCn1c2ccc(C(N)=O)cc2c2ccc(-c3cc(C)nn3CC)nc21. The van der Waals surface area contributed by atoms with Gasteiger partial charge in [-0.3, -0.25) is 29.1 Å². The molecule has 14 heteroatoms. The van der Waals surface area contributed by atoms with E-state index in [1.54, 1.807) is 28.9 Å². The third kappa shape index (κ3) is 5.97. The number of aryl methyl sites for hydroxylation is 5. The van der Waals surface area contributed by atoms with Crippen LogP contribution in [-0.4, -0.2) is 56.4 Å². The van der Waals surface area contributed by atoms with Crippen LogP contribution in [0.2, 0.25) is 0 Å². The molecule has 0 aliphatic heterocycles. The average molecular weight is 698 g/mol. The molecule has 264 valence electrons. The van der Waals surface area contributed by atoms with Crippen molar-refractivity contribution in [2.75, 3.05) is 5.32 Å². The topological polar surface area (TPSA) is 187 Å². The van der Waals surface area contributed by atoms with E-state index in [0.717, 1.165) is 55.8 Å². The van der Waals surface area contributed by atoms with Crippen molar-refractivity contribution in [3.63, 3.8) is 0 Å². The van der Waals surface area contributed by atoms with Gasteiger partial charge >= 0.3 is 0 Å². The number of nitrogens with zero attached hydrogens (tertiary/aromatic N) is 8. The number of hydrogen-bond acceptors (Lipinski definition) is 7. The molecule has 14 nitrogen and oxygen atoms in total. The first-order chi connectivity index (χ1) is 25.0. The zero-order valence-electron chi connectivity index (χ0n) is 29.6. The molecule has 5 N–H and O–H groups in total. The molecule has 0 atom stereocenters. The Labute approximate surface area is 298 Å². The molecule has 0 aliphatic rings. The number of pyridine rings is 1. The number of carbonyl (C=O) groups excluding carboxylic acids is 3. The summed E-state index contributed by atoms with van der Waals surface area (Å²) in [6.45, 7) is 11.7. The van der Waals surface area contributed by atoms with E-state index in [2.05, 4.69) is 20.1 Å². The van der Waals surface area contributed by atoms with Crippen molar-refractivity contribution >= 4 is 56.6 Å². The van der Waals surface area contributed by atoms with Crippen LogP contribution in [0.3, 0.4) is 0 Å². The second kappa shape index (κ2) is 13.3. The summed E-state index contributed by atoms with van der Waals surface area (Å²) in [4.78, 5) is 47.6. The van der Waals surface area contributed by atoms with Crippen LogP contribution in [0.5, 0.6) is 0 Å². The van der Waals surface area contributed by atoms with Crippen LogP contribution in [0.1, 0.15) is 62.0 Å². The lowest BCUT2D eigenvalue weighted by molar-refractivity contribution is 0.0992. The maximum absolute atomic E-state index is 13.5. The molecule has 7 aromatic rings. The molecule has 7 rings (SSSR count). The van der Waals surface area contributed by atoms with E-state index in [1.165, 1.54) is 0 Å². The van der Waals surface area contributed by atoms with E-state index in [1.807, 2.05) is 86.4 Å². The lowest BCUT2D eigenvalue weighted by Gasteiger charge is -2.11. The van der Waals surface area contributed by atoms with Gasteiger partial charge in [0.15, 0.2) is 0 Å². The predicted octanol–water partition coefficient (Wildman–Crippen LogP) is 5.27. The van der Waals surface area contributed by atoms with Gasteiger partial charge in [-0.2, -0.15) is 10.2 Å². The van der Waals surface area contributed by atoms with Crippen LogP contribution < -0.4 is 16.8 Å². The number of nitrogens with two attached hydrogens (primary N) is 2. The first kappa shape index (κ1) is 33.9. The fourth-order valence-corrected chi connectivity index (χ4v) is 6.83. The van der Waals surface area contributed by atoms with Crippen LogP contribution in [0, 0.1) is 20.8 Å². The molecular weight excluding hydrogens is 658 g/mol. The van der Waals surface area contributed by atoms with Gasteiger partial charge in [0.05, 0.1) is 39.3 Å². The minimum absolute atomic E-state index is 0.320. The highest BCUT2D eigenvalue weighted by Gasteiger charge is 2.21. The van der Waals surface area contributed by atoms with Crippen LogP contribution in [-0.2, 0) is 26.2 Å². The number of rotatable bonds is 11. The number of aromatic nitrogens is 8. The van der Waals surface area contributed by atoms with Crippen molar-refractivity contribution < 1.29 is 14.4 Å². The molecule has 3 amide bonds. The number of imidazole rings is 1. The number of anilines is 1. The highest BCUT2D eigenvalue weighted by molar-refractivity contribution is 6.10. The molecule has 0 spiro atoms. The standard InChI is InChI=1S/C38H39N11O3/c1-6-48-31(17-22(4)44-48)28-12-11-26-27-19-24(34(39)50)10-13-30(27)46(36(26)41-28)14-8-9-15-47-33-21(3)16-25(35(40)51)20-29(33)42-38(47)43-37(52)32-18-23(5)45-49(32)7-2/h8-13,16-20H,6-7,14-15H2,1-5H3,(H2,39,50)(H2,40,51)(H,42,43,52). The van der Waals surface area contributed by atoms with E-state index in [-0.39, 0.29) is 5.91 Å². The first-order valence-electron chi connectivity index (χ1n) is 17.1. The van der Waals surface area contributed by atoms with Gasteiger partial charge in [-0.25, -0.2) is 9.97 Å². The Bertz CT molecular complexity index is 2600. The molecular formula is C38H39N11O3. The van der Waals surface area contributed by atoms with Gasteiger partial charge in [0.2, 0.25) is 17.8 Å². The summed E-state index contributed by atoms with van der Waals surface area (Å²) >= 11 is 0. The Morgan fingerprint density at radius 2 is 1.44 bits per heavy atom. The zero-order chi connectivity index (χ0) is 36.8. The number of primary amides is 2. The summed E-state index contributed by atoms with van der Waals surface area (Å²) in [5.41, 5.74) is 19.5. The molecule has 5 heterocycles. The Morgan fingerprint density at radius 3 is 2.15 bits per heavy atom. The first-order valence-corrected chi connectivity index (χ1v) is 17.1. The lowest BCUT2D eigenvalue weighted by atomic mass is 10.1. The molecule has 0 bridgehead atoms. The smallest absolute Gasteiger partial charge is 0.276 e. The van der Waals surface area contributed by atoms with Gasteiger partial charge in [0.1, 0.15) is 11.3 Å². The Hall–Kier alpha value is -6.57. The van der Waals surface area contributed by atoms with Gasteiger partial charge in [0, 0.05) is 48.1 Å². The maximum Gasteiger partial charge on any atom is 0.276 e. The van der Waals surface area contributed by atoms with Crippen molar-refractivity contribution in [1.82, 2.24) is 38.7 Å². The van der Waals surface area contributed by atoms with Crippen molar-refractivity contribution in [3.05, 3.63) is 101 Å². The zero-order valence-corrected chi connectivity index (χ0v) is 29.6. The van der Waals surface area contributed by atoms with Gasteiger partial charge < -0.3 is 20.6 Å². The Balaban J connectivity index is 1.28. The molecule has 0 unspecified atom stereocenters. The molecule has 5 aromatic heterocycles. The second-order valence-electron chi connectivity index (χ2n) is 12.7. The van der Waals surface area contributed by atoms with E-state index in [4.69, 9.17) is 21.4 Å². The van der Waals surface area contributed by atoms with Crippen molar-refractivity contribution in [2.24, 2.45) is 11.5 Å². The van der Waals surface area contributed by atoms with Gasteiger partial charge in [-0.05, 0) is 94.8 Å². The number of nitrogens with one attached hydrogen (secondary N) is 1. The molecule has 52 heavy (non-hydrogen) atoms. The van der Waals surface area contributed by atoms with Crippen molar-refractivity contribution in [2.45, 2.75) is 60.8 Å². The number of fused-ring (bicyclic) bond motifs is 4. The van der Waals surface area contributed by atoms with Crippen LogP contribution in [0.15, 0.2) is 66.7 Å². The van der Waals surface area contributed by atoms with Gasteiger partial charge in [-0.15, -0.1) is 0 Å². The van der Waals surface area contributed by atoms with Crippen LogP contribution in [0.25, 0.3) is 44.4 Å². The summed E-state index contributed by atoms with van der Waals surface area (Å²) in [7, 11) is 0. The summed E-state index contributed by atoms with van der Waals surface area (Å²) in [6, 6.07) is 16.5. The summed E-state index contributed by atoms with van der Waals surface area (Å²) in [5.74, 6) is -1.09. The number of carbonyl (C=O) groups is 3. The maximum atomic E-state index is 13.5. The molecule has 0 saturated carbocycles. The predicted molar refractivity (Wildman–Crippen MR) is 200 cm³/mol. The summed E-state index contributed by atoms with van der Waals surface area (Å²) in [5, 5.41) is 13.7. The normalized spacial score (nSPS) is 11.8. The molecule has 2 aromatic carbocycles. The van der Waals surface area contributed by atoms with E-state index >= 15 is 0 Å². The van der Waals surface area contributed by atoms with Crippen LogP contribution in [0.4, 0.5) is 5.95 Å². The third-order valence-corrected chi connectivity index (χ3v) is 9.18. The fourth-order valence-electron chi connectivity index (χ4n) is 6.83. The van der Waals surface area contributed by atoms with Gasteiger partial charge in [-0.1, -0.05) is 12.2 Å². The lowest BCUT2D eigenvalue weighted by Crippen LogP contribution is -2.20. The largest absolute Gasteiger partial charge is 0.366 e. The van der Waals surface area contributed by atoms with E-state index in [0.29, 0.717) is 54.5 Å². The summed E-state index contributed by atoms with van der Waals surface area (Å²) in [6.07, 6.45) is 4.02. The number of allylic oxidation sites excluding steroid dienone is 2. The van der Waals surface area contributed by atoms with Crippen molar-refractivity contribution in [3.8, 4) is 11.4 Å². The fraction of sp³-hybridized carbons (Fsp3) is 0.237. The highest BCUT2D eigenvalue weighted by Crippen LogP contribution is 2.32. The molecule has 0 radical (unpaired) electrons. The quantitative estimate of drug-likeness (QED) is 0.154. The monoisotopic (exact) mass is 697 g/mol. The number of amides is 3. The molecule has 0 saturated heterocycles.